The first kappa shape index (κ1) is 10.8. The van der Waals surface area contributed by atoms with Gasteiger partial charge < -0.3 is 5.32 Å². The first-order valence-electron chi connectivity index (χ1n) is 4.66. The molecule has 1 aromatic rings. The lowest BCUT2D eigenvalue weighted by atomic mass is 10.0. The van der Waals surface area contributed by atoms with E-state index in [4.69, 9.17) is 11.6 Å². The van der Waals surface area contributed by atoms with E-state index in [1.807, 2.05) is 11.8 Å². The molecule has 0 bridgehead atoms. The van der Waals surface area contributed by atoms with Gasteiger partial charge in [-0.05, 0) is 30.9 Å². The number of hydrogen-bond donors (Lipinski definition) is 1. The second kappa shape index (κ2) is 4.05. The van der Waals surface area contributed by atoms with Crippen LogP contribution < -0.4 is 5.32 Å². The normalized spacial score (nSPS) is 26.4. The summed E-state index contributed by atoms with van der Waals surface area (Å²) in [4.78, 5) is 0. The molecule has 0 aliphatic carbocycles. The fraction of sp³-hybridized carbons (Fsp3) is 0.600. The van der Waals surface area contributed by atoms with Gasteiger partial charge in [-0.2, -0.15) is 11.8 Å². The molecule has 1 unspecified atom stereocenters. The minimum Gasteiger partial charge on any atom is -0.303 e. The standard InChI is InChI=1S/C10H14ClNS2/c1-10(2)6-13-5-8(12-10)7-3-9(11)14-4-7/h3-4,8,12H,5-6H2,1-2H3. The van der Waals surface area contributed by atoms with Crippen LogP contribution in [0, 0.1) is 0 Å². The molecule has 1 atom stereocenters. The summed E-state index contributed by atoms with van der Waals surface area (Å²) in [6.07, 6.45) is 0. The van der Waals surface area contributed by atoms with Crippen LogP contribution in [0.2, 0.25) is 4.34 Å². The van der Waals surface area contributed by atoms with Gasteiger partial charge in [0.2, 0.25) is 0 Å². The van der Waals surface area contributed by atoms with Crippen molar-refractivity contribution in [2.75, 3.05) is 11.5 Å². The Morgan fingerprint density at radius 2 is 2.36 bits per heavy atom. The Bertz CT molecular complexity index is 322. The van der Waals surface area contributed by atoms with Crippen LogP contribution in [0.15, 0.2) is 11.4 Å². The lowest BCUT2D eigenvalue weighted by Crippen LogP contribution is -2.48. The maximum Gasteiger partial charge on any atom is 0.0931 e. The van der Waals surface area contributed by atoms with Crippen LogP contribution in [-0.4, -0.2) is 17.0 Å². The van der Waals surface area contributed by atoms with E-state index >= 15 is 0 Å². The highest BCUT2D eigenvalue weighted by Crippen LogP contribution is 2.32. The number of rotatable bonds is 1. The van der Waals surface area contributed by atoms with Gasteiger partial charge in [-0.15, -0.1) is 11.3 Å². The van der Waals surface area contributed by atoms with Crippen molar-refractivity contribution in [3.05, 3.63) is 21.3 Å². The Morgan fingerprint density at radius 3 is 2.93 bits per heavy atom. The predicted molar refractivity (Wildman–Crippen MR) is 66.6 cm³/mol. The van der Waals surface area contributed by atoms with Crippen LogP contribution in [0.3, 0.4) is 0 Å². The van der Waals surface area contributed by atoms with Gasteiger partial charge >= 0.3 is 0 Å². The second-order valence-corrected chi connectivity index (χ2v) is 6.85. The van der Waals surface area contributed by atoms with Crippen molar-refractivity contribution in [1.29, 1.82) is 0 Å². The number of thiophene rings is 1. The monoisotopic (exact) mass is 247 g/mol. The molecule has 1 aromatic heterocycles. The summed E-state index contributed by atoms with van der Waals surface area (Å²) in [7, 11) is 0. The smallest absolute Gasteiger partial charge is 0.0931 e. The Morgan fingerprint density at radius 1 is 1.57 bits per heavy atom. The maximum absolute atomic E-state index is 5.93. The lowest BCUT2D eigenvalue weighted by molar-refractivity contribution is 0.376. The first-order valence-corrected chi connectivity index (χ1v) is 7.07. The molecular formula is C10H14ClNS2. The van der Waals surface area contributed by atoms with Crippen LogP contribution in [0.1, 0.15) is 25.5 Å². The first-order chi connectivity index (χ1) is 6.57. The average Bonchev–Trinajstić information content (AvgIpc) is 2.50. The topological polar surface area (TPSA) is 12.0 Å². The largest absolute Gasteiger partial charge is 0.303 e. The van der Waals surface area contributed by atoms with Crippen LogP contribution in [0.25, 0.3) is 0 Å². The lowest BCUT2D eigenvalue weighted by Gasteiger charge is -2.36. The summed E-state index contributed by atoms with van der Waals surface area (Å²) < 4.78 is 0.884. The zero-order valence-corrected chi connectivity index (χ0v) is 10.7. The van der Waals surface area contributed by atoms with Crippen molar-refractivity contribution in [1.82, 2.24) is 5.32 Å². The molecule has 1 saturated heterocycles. The molecule has 0 spiro atoms. The molecule has 0 saturated carbocycles. The zero-order valence-electron chi connectivity index (χ0n) is 8.34. The third kappa shape index (κ3) is 2.45. The van der Waals surface area contributed by atoms with Crippen molar-refractivity contribution in [3.8, 4) is 0 Å². The Kier molecular flexibility index (Phi) is 3.12. The van der Waals surface area contributed by atoms with E-state index in [1.54, 1.807) is 11.3 Å². The average molecular weight is 248 g/mol. The number of hydrogen-bond acceptors (Lipinski definition) is 3. The van der Waals surface area contributed by atoms with Gasteiger partial charge in [0.15, 0.2) is 0 Å². The zero-order chi connectivity index (χ0) is 10.2. The number of nitrogens with one attached hydrogen (secondary N) is 1. The van der Waals surface area contributed by atoms with E-state index in [0.717, 1.165) is 10.1 Å². The molecule has 14 heavy (non-hydrogen) atoms. The third-order valence-corrected chi connectivity index (χ3v) is 4.91. The SMILES string of the molecule is CC1(C)CSCC(c2csc(Cl)c2)N1. The van der Waals surface area contributed by atoms with Gasteiger partial charge in [-0.25, -0.2) is 0 Å². The molecular weight excluding hydrogens is 234 g/mol. The fourth-order valence-electron chi connectivity index (χ4n) is 1.67. The molecule has 2 heterocycles. The van der Waals surface area contributed by atoms with E-state index in [9.17, 15) is 0 Å². The summed E-state index contributed by atoms with van der Waals surface area (Å²) in [5.74, 6) is 2.33. The quantitative estimate of drug-likeness (QED) is 0.815. The number of halogens is 1. The van der Waals surface area contributed by atoms with Gasteiger partial charge in [-0.3, -0.25) is 0 Å². The summed E-state index contributed by atoms with van der Waals surface area (Å²) in [6.45, 7) is 4.50. The van der Waals surface area contributed by atoms with Gasteiger partial charge in [-0.1, -0.05) is 11.6 Å². The summed E-state index contributed by atoms with van der Waals surface area (Å²) in [5, 5.41) is 5.80. The van der Waals surface area contributed by atoms with Crippen molar-refractivity contribution in [2.24, 2.45) is 0 Å². The van der Waals surface area contributed by atoms with Crippen LogP contribution >= 0.6 is 34.7 Å². The number of thioether (sulfide) groups is 1. The Hall–Kier alpha value is 0.300. The molecule has 1 nitrogen and oxygen atoms in total. The van der Waals surface area contributed by atoms with Gasteiger partial charge in [0, 0.05) is 23.1 Å². The second-order valence-electron chi connectivity index (χ2n) is 4.28. The Balaban J connectivity index is 2.12. The molecule has 0 radical (unpaired) electrons. The Labute approximate surface area is 98.2 Å². The third-order valence-electron chi connectivity index (χ3n) is 2.30. The van der Waals surface area contributed by atoms with Crippen molar-refractivity contribution < 1.29 is 0 Å². The highest BCUT2D eigenvalue weighted by atomic mass is 35.5. The van der Waals surface area contributed by atoms with E-state index < -0.39 is 0 Å². The van der Waals surface area contributed by atoms with Crippen LogP contribution in [0.5, 0.6) is 0 Å². The van der Waals surface area contributed by atoms with Gasteiger partial charge in [0.25, 0.3) is 0 Å². The van der Waals surface area contributed by atoms with Gasteiger partial charge in [0.1, 0.15) is 0 Å². The minimum absolute atomic E-state index is 0.238. The molecule has 1 fully saturated rings. The van der Waals surface area contributed by atoms with Gasteiger partial charge in [0.05, 0.1) is 4.34 Å². The highest BCUT2D eigenvalue weighted by Gasteiger charge is 2.28. The van der Waals surface area contributed by atoms with Crippen LogP contribution in [0.4, 0.5) is 0 Å². The highest BCUT2D eigenvalue weighted by molar-refractivity contribution is 7.99. The van der Waals surface area contributed by atoms with E-state index in [2.05, 4.69) is 30.6 Å². The molecule has 0 aromatic carbocycles. The van der Waals surface area contributed by atoms with Crippen molar-refractivity contribution >= 4 is 34.7 Å². The molecule has 78 valence electrons. The summed E-state index contributed by atoms with van der Waals surface area (Å²) >= 11 is 9.56. The van der Waals surface area contributed by atoms with Crippen molar-refractivity contribution in [3.63, 3.8) is 0 Å². The van der Waals surface area contributed by atoms with Crippen molar-refractivity contribution in [2.45, 2.75) is 25.4 Å². The fourth-order valence-corrected chi connectivity index (χ4v) is 3.84. The summed E-state index contributed by atoms with van der Waals surface area (Å²) in [5.41, 5.74) is 1.57. The van der Waals surface area contributed by atoms with E-state index in [1.165, 1.54) is 11.3 Å². The molecule has 1 aliphatic heterocycles. The molecule has 2 rings (SSSR count). The minimum atomic E-state index is 0.238. The van der Waals surface area contributed by atoms with E-state index in [0.29, 0.717) is 6.04 Å². The summed E-state index contributed by atoms with van der Waals surface area (Å²) in [6, 6.07) is 2.54. The predicted octanol–water partition coefficient (Wildman–Crippen LogP) is 3.56. The molecule has 4 heteroatoms. The van der Waals surface area contributed by atoms with Crippen LogP contribution in [-0.2, 0) is 0 Å². The molecule has 1 aliphatic rings. The molecule has 0 amide bonds. The maximum atomic E-state index is 5.93. The molecule has 1 N–H and O–H groups in total. The van der Waals surface area contributed by atoms with E-state index in [-0.39, 0.29) is 5.54 Å².